The third kappa shape index (κ3) is 2.41. The van der Waals surface area contributed by atoms with Gasteiger partial charge >= 0.3 is 0 Å². The Hall–Kier alpha value is -2.27. The maximum Gasteiger partial charge on any atom is 0.209 e. The lowest BCUT2D eigenvalue weighted by Crippen LogP contribution is -2.06. The summed E-state index contributed by atoms with van der Waals surface area (Å²) in [6.07, 6.45) is 0. The zero-order valence-corrected chi connectivity index (χ0v) is 14.4. The van der Waals surface area contributed by atoms with E-state index < -0.39 is 9.84 Å². The van der Waals surface area contributed by atoms with E-state index >= 15 is 0 Å². The first-order chi connectivity index (χ1) is 10.9. The van der Waals surface area contributed by atoms with E-state index in [9.17, 15) is 8.42 Å². The smallest absolute Gasteiger partial charge is 0.209 e. The number of fused-ring (bicyclic) bond motifs is 1. The van der Waals surface area contributed by atoms with Gasteiger partial charge in [0.05, 0.1) is 16.9 Å². The third-order valence-electron chi connectivity index (χ3n) is 4.09. The van der Waals surface area contributed by atoms with Crippen molar-refractivity contribution in [1.82, 2.24) is 4.98 Å². The lowest BCUT2D eigenvalue weighted by atomic mass is 10.1. The highest BCUT2D eigenvalue weighted by molar-refractivity contribution is 7.91. The largest absolute Gasteiger partial charge is 0.496 e. The second-order valence-electron chi connectivity index (χ2n) is 5.72. The van der Waals surface area contributed by atoms with Gasteiger partial charge in [-0.2, -0.15) is 0 Å². The van der Waals surface area contributed by atoms with Crippen LogP contribution in [0.1, 0.15) is 16.8 Å². The minimum atomic E-state index is -3.62. The fourth-order valence-corrected chi connectivity index (χ4v) is 4.94. The van der Waals surface area contributed by atoms with E-state index in [0.29, 0.717) is 26.8 Å². The van der Waals surface area contributed by atoms with Gasteiger partial charge in [0, 0.05) is 16.6 Å². The predicted octanol–water partition coefficient (Wildman–Crippen LogP) is 3.93. The van der Waals surface area contributed by atoms with E-state index in [0.717, 1.165) is 16.5 Å². The van der Waals surface area contributed by atoms with E-state index in [1.54, 1.807) is 33.1 Å². The van der Waals surface area contributed by atoms with Crippen molar-refractivity contribution in [3.05, 3.63) is 53.2 Å². The number of para-hydroxylation sites is 1. The van der Waals surface area contributed by atoms with Gasteiger partial charge in [0.15, 0.2) is 0 Å². The number of aryl methyl sites for hydroxylation is 3. The number of hydrogen-bond acceptors (Lipinski definition) is 3. The zero-order valence-electron chi connectivity index (χ0n) is 13.6. The van der Waals surface area contributed by atoms with Crippen LogP contribution in [-0.2, 0) is 9.84 Å². The second-order valence-corrected chi connectivity index (χ2v) is 7.57. The molecule has 0 radical (unpaired) electrons. The number of hydrogen-bond donors (Lipinski definition) is 1. The van der Waals surface area contributed by atoms with E-state index in [2.05, 4.69) is 4.98 Å². The minimum Gasteiger partial charge on any atom is -0.496 e. The molecule has 0 aliphatic rings. The topological polar surface area (TPSA) is 59.2 Å². The first kappa shape index (κ1) is 15.6. The molecular weight excluding hydrogens is 310 g/mol. The first-order valence-corrected chi connectivity index (χ1v) is 8.82. The molecule has 0 aliphatic heterocycles. The Morgan fingerprint density at radius 2 is 1.70 bits per heavy atom. The number of rotatable bonds is 3. The van der Waals surface area contributed by atoms with Crippen LogP contribution in [0.15, 0.2) is 46.2 Å². The Morgan fingerprint density at radius 3 is 2.39 bits per heavy atom. The van der Waals surface area contributed by atoms with Crippen LogP contribution in [-0.4, -0.2) is 20.5 Å². The van der Waals surface area contributed by atoms with Gasteiger partial charge in [0.2, 0.25) is 9.84 Å². The summed E-state index contributed by atoms with van der Waals surface area (Å²) in [5.41, 5.74) is 2.96. The van der Waals surface area contributed by atoms with Crippen LogP contribution >= 0.6 is 0 Å². The van der Waals surface area contributed by atoms with Gasteiger partial charge < -0.3 is 9.72 Å². The minimum absolute atomic E-state index is 0.323. The molecule has 3 rings (SSSR count). The molecule has 0 saturated carbocycles. The molecule has 23 heavy (non-hydrogen) atoms. The van der Waals surface area contributed by atoms with Crippen LogP contribution in [0.2, 0.25) is 0 Å². The van der Waals surface area contributed by atoms with Crippen LogP contribution in [0.25, 0.3) is 10.9 Å². The number of benzene rings is 2. The molecule has 0 aliphatic carbocycles. The van der Waals surface area contributed by atoms with Crippen LogP contribution in [0.5, 0.6) is 5.75 Å². The number of nitrogens with one attached hydrogen (secondary N) is 1. The molecule has 0 amide bonds. The lowest BCUT2D eigenvalue weighted by Gasteiger charge is -2.12. The van der Waals surface area contributed by atoms with Gasteiger partial charge in [0.25, 0.3) is 0 Å². The molecular formula is C18H19NO3S. The Morgan fingerprint density at radius 1 is 1.00 bits per heavy atom. The number of methoxy groups -OCH3 is 1. The Labute approximate surface area is 136 Å². The van der Waals surface area contributed by atoms with Gasteiger partial charge in [-0.15, -0.1) is 0 Å². The summed E-state index contributed by atoms with van der Waals surface area (Å²) < 4.78 is 31.8. The fraction of sp³-hybridized carbons (Fsp3) is 0.222. The molecule has 1 heterocycles. The van der Waals surface area contributed by atoms with Crippen molar-refractivity contribution in [3.8, 4) is 5.75 Å². The van der Waals surface area contributed by atoms with E-state index in [4.69, 9.17) is 4.74 Å². The maximum absolute atomic E-state index is 13.2. The molecule has 2 aromatic carbocycles. The summed E-state index contributed by atoms with van der Waals surface area (Å²) in [5.74, 6) is 0.692. The van der Waals surface area contributed by atoms with E-state index in [1.807, 2.05) is 31.2 Å². The second kappa shape index (κ2) is 5.42. The summed E-state index contributed by atoms with van der Waals surface area (Å²) >= 11 is 0. The van der Waals surface area contributed by atoms with Crippen molar-refractivity contribution in [1.29, 1.82) is 0 Å². The monoisotopic (exact) mass is 329 g/mol. The normalized spacial score (nSPS) is 11.8. The number of ether oxygens (including phenoxy) is 1. The Bertz CT molecular complexity index is 1000. The summed E-state index contributed by atoms with van der Waals surface area (Å²) in [6.45, 7) is 5.43. The highest BCUT2D eigenvalue weighted by Crippen LogP contribution is 2.34. The molecule has 1 N–H and O–H groups in total. The predicted molar refractivity (Wildman–Crippen MR) is 91.0 cm³/mol. The molecule has 0 saturated heterocycles. The van der Waals surface area contributed by atoms with Gasteiger partial charge in [0.1, 0.15) is 5.75 Å². The van der Waals surface area contributed by atoms with Crippen molar-refractivity contribution in [3.63, 3.8) is 0 Å². The Balaban J connectivity index is 2.30. The van der Waals surface area contributed by atoms with Gasteiger partial charge in [-0.3, -0.25) is 0 Å². The van der Waals surface area contributed by atoms with Crippen molar-refractivity contribution in [2.75, 3.05) is 7.11 Å². The lowest BCUT2D eigenvalue weighted by molar-refractivity contribution is 0.411. The summed E-state index contributed by atoms with van der Waals surface area (Å²) in [7, 11) is -2.03. The van der Waals surface area contributed by atoms with Crippen LogP contribution in [0.3, 0.4) is 0 Å². The van der Waals surface area contributed by atoms with Crippen LogP contribution in [0, 0.1) is 20.8 Å². The molecule has 4 nitrogen and oxygen atoms in total. The molecule has 0 unspecified atom stereocenters. The quantitative estimate of drug-likeness (QED) is 0.792. The number of aromatic nitrogens is 1. The zero-order chi connectivity index (χ0) is 16.8. The molecule has 5 heteroatoms. The van der Waals surface area contributed by atoms with E-state index in [-0.39, 0.29) is 0 Å². The Kier molecular flexibility index (Phi) is 3.68. The highest BCUT2D eigenvalue weighted by atomic mass is 32.2. The third-order valence-corrected chi connectivity index (χ3v) is 6.17. The average Bonchev–Trinajstić information content (AvgIpc) is 2.85. The molecule has 0 spiro atoms. The van der Waals surface area contributed by atoms with Crippen LogP contribution < -0.4 is 4.74 Å². The van der Waals surface area contributed by atoms with Gasteiger partial charge in [-0.1, -0.05) is 18.2 Å². The fourth-order valence-electron chi connectivity index (χ4n) is 2.98. The van der Waals surface area contributed by atoms with E-state index in [1.165, 1.54) is 0 Å². The van der Waals surface area contributed by atoms with Gasteiger partial charge in [-0.05, 0) is 50.1 Å². The number of sulfone groups is 1. The molecule has 0 atom stereocenters. The van der Waals surface area contributed by atoms with Crippen LogP contribution in [0.4, 0.5) is 0 Å². The molecule has 0 fully saturated rings. The summed E-state index contributed by atoms with van der Waals surface area (Å²) in [5, 5.41) is 0.720. The molecule has 3 aromatic rings. The van der Waals surface area contributed by atoms with Crippen molar-refractivity contribution < 1.29 is 13.2 Å². The van der Waals surface area contributed by atoms with Crippen molar-refractivity contribution >= 4 is 20.7 Å². The highest BCUT2D eigenvalue weighted by Gasteiger charge is 2.26. The van der Waals surface area contributed by atoms with Crippen molar-refractivity contribution in [2.45, 2.75) is 30.6 Å². The number of aromatic amines is 1. The maximum atomic E-state index is 13.2. The molecule has 1 aromatic heterocycles. The van der Waals surface area contributed by atoms with Crippen molar-refractivity contribution in [2.24, 2.45) is 0 Å². The first-order valence-electron chi connectivity index (χ1n) is 7.34. The molecule has 0 bridgehead atoms. The summed E-state index contributed by atoms with van der Waals surface area (Å²) in [6, 6.07) is 10.9. The summed E-state index contributed by atoms with van der Waals surface area (Å²) in [4.78, 5) is 3.83. The SMILES string of the molecule is COc1cc(C)c(S(=O)(=O)c2c(C)[nH]c3ccccc23)cc1C. The average molecular weight is 329 g/mol. The number of H-pyrrole nitrogens is 1. The molecule has 120 valence electrons. The standard InChI is InChI=1S/C18H19NO3S/c1-11-10-17(12(2)9-16(11)22-4)23(20,21)18-13(3)19-15-8-6-5-7-14(15)18/h5-10,19H,1-4H3. The van der Waals surface area contributed by atoms with Gasteiger partial charge in [-0.25, -0.2) is 8.42 Å².